The molecule has 0 aliphatic heterocycles. The zero-order valence-electron chi connectivity index (χ0n) is 17.4. The van der Waals surface area contributed by atoms with Crippen LogP contribution in [0.2, 0.25) is 0 Å². The number of hydrogen-bond acceptors (Lipinski definition) is 3. The van der Waals surface area contributed by atoms with E-state index in [4.69, 9.17) is 0 Å². The van der Waals surface area contributed by atoms with Crippen LogP contribution < -0.4 is 5.32 Å². The van der Waals surface area contributed by atoms with Crippen molar-refractivity contribution in [2.45, 2.75) is 68.8 Å². The third kappa shape index (κ3) is 5.57. The summed E-state index contributed by atoms with van der Waals surface area (Å²) in [5, 5.41) is 4.27. The van der Waals surface area contributed by atoms with Crippen molar-refractivity contribution in [1.82, 2.24) is 0 Å². The van der Waals surface area contributed by atoms with Gasteiger partial charge in [0.15, 0.2) is 0 Å². The predicted molar refractivity (Wildman–Crippen MR) is 125 cm³/mol. The van der Waals surface area contributed by atoms with Crippen LogP contribution in [-0.4, -0.2) is 22.2 Å². The van der Waals surface area contributed by atoms with Crippen LogP contribution in [0.1, 0.15) is 47.9 Å². The van der Waals surface area contributed by atoms with Gasteiger partial charge in [-0.05, 0) is 63.3 Å². The van der Waals surface area contributed by atoms with Gasteiger partial charge in [-0.15, -0.1) is 23.5 Å². The molecule has 1 N–H and O–H groups in total. The van der Waals surface area contributed by atoms with E-state index in [0.29, 0.717) is 16.3 Å². The highest BCUT2D eigenvalue weighted by Gasteiger charge is 2.27. The summed E-state index contributed by atoms with van der Waals surface area (Å²) in [6.45, 7) is 8.46. The van der Waals surface area contributed by atoms with Crippen molar-refractivity contribution in [3.8, 4) is 0 Å². The first kappa shape index (κ1) is 21.3. The van der Waals surface area contributed by atoms with Gasteiger partial charge in [-0.3, -0.25) is 4.79 Å². The van der Waals surface area contributed by atoms with Crippen LogP contribution in [0.25, 0.3) is 0 Å². The van der Waals surface area contributed by atoms with Crippen molar-refractivity contribution >= 4 is 35.1 Å². The van der Waals surface area contributed by atoms with Crippen LogP contribution in [0, 0.1) is 27.7 Å². The molecule has 2 aromatic carbocycles. The number of amides is 1. The third-order valence-electron chi connectivity index (χ3n) is 5.44. The Morgan fingerprint density at radius 2 is 1.64 bits per heavy atom. The maximum Gasteiger partial charge on any atom is 0.234 e. The van der Waals surface area contributed by atoms with Gasteiger partial charge in [0.2, 0.25) is 5.91 Å². The quantitative estimate of drug-likeness (QED) is 0.571. The van der Waals surface area contributed by atoms with Crippen molar-refractivity contribution < 1.29 is 4.79 Å². The fraction of sp³-hybridized carbons (Fsp3) is 0.458. The van der Waals surface area contributed by atoms with E-state index >= 15 is 0 Å². The number of rotatable bonds is 6. The van der Waals surface area contributed by atoms with Gasteiger partial charge in [0.05, 0.1) is 5.75 Å². The number of aryl methyl sites for hydroxylation is 4. The topological polar surface area (TPSA) is 29.1 Å². The highest BCUT2D eigenvalue weighted by molar-refractivity contribution is 8.04. The average molecular weight is 414 g/mol. The summed E-state index contributed by atoms with van der Waals surface area (Å²) in [4.78, 5) is 14.0. The maximum atomic E-state index is 12.6. The molecule has 0 unspecified atom stereocenters. The molecule has 0 spiro atoms. The van der Waals surface area contributed by atoms with Crippen molar-refractivity contribution in [3.63, 3.8) is 0 Å². The number of thioether (sulfide) groups is 2. The molecule has 150 valence electrons. The fourth-order valence-electron chi connectivity index (χ4n) is 3.76. The smallest absolute Gasteiger partial charge is 0.234 e. The van der Waals surface area contributed by atoms with E-state index in [0.717, 1.165) is 16.8 Å². The molecule has 1 aliphatic carbocycles. The summed E-state index contributed by atoms with van der Waals surface area (Å²) in [5.74, 6) is 0.644. The zero-order valence-corrected chi connectivity index (χ0v) is 19.0. The molecule has 2 atom stereocenters. The van der Waals surface area contributed by atoms with Crippen LogP contribution >= 0.6 is 23.5 Å². The first-order chi connectivity index (χ1) is 13.4. The summed E-state index contributed by atoms with van der Waals surface area (Å²) in [7, 11) is 0. The number of anilines is 1. The molecular formula is C24H31NOS2. The highest BCUT2D eigenvalue weighted by atomic mass is 32.2. The van der Waals surface area contributed by atoms with Crippen molar-refractivity contribution in [2.75, 3.05) is 11.1 Å². The maximum absolute atomic E-state index is 12.6. The number of benzene rings is 2. The minimum atomic E-state index is 0.114. The first-order valence-corrected chi connectivity index (χ1v) is 12.1. The lowest BCUT2D eigenvalue weighted by Crippen LogP contribution is -2.27. The van der Waals surface area contributed by atoms with E-state index in [1.165, 1.54) is 41.7 Å². The van der Waals surface area contributed by atoms with Crippen LogP contribution in [0.15, 0.2) is 41.3 Å². The van der Waals surface area contributed by atoms with Crippen molar-refractivity contribution in [3.05, 3.63) is 58.7 Å². The predicted octanol–water partition coefficient (Wildman–Crippen LogP) is 6.70. The molecule has 28 heavy (non-hydrogen) atoms. The van der Waals surface area contributed by atoms with Gasteiger partial charge in [0.25, 0.3) is 0 Å². The number of carbonyl (C=O) groups excluding carboxylic acids is 1. The normalized spacial score (nSPS) is 19.4. The standard InChI is InChI=1S/C24H31NOS2/c1-16-12-13-17(2)22(14-16)28-21-11-6-5-10-20(21)27-15-23(26)25-24-18(3)8-7-9-19(24)4/h7-9,12-14,20-21H,5-6,10-11,15H2,1-4H3,(H,25,26)/t20-,21-/m1/s1. The molecular weight excluding hydrogens is 382 g/mol. The Morgan fingerprint density at radius 1 is 0.964 bits per heavy atom. The molecule has 2 aromatic rings. The summed E-state index contributed by atoms with van der Waals surface area (Å²) in [6, 6.07) is 12.8. The second-order valence-corrected chi connectivity index (χ2v) is 10.4. The monoisotopic (exact) mass is 413 g/mol. The number of para-hydroxylation sites is 1. The second kappa shape index (κ2) is 9.89. The Hall–Kier alpha value is -1.39. The Bertz CT molecular complexity index is 813. The Labute approximate surface area is 178 Å². The van der Waals surface area contributed by atoms with Crippen LogP contribution in [-0.2, 0) is 4.79 Å². The van der Waals surface area contributed by atoms with Gasteiger partial charge in [0.1, 0.15) is 0 Å². The van der Waals surface area contributed by atoms with E-state index in [2.05, 4.69) is 37.4 Å². The largest absolute Gasteiger partial charge is 0.325 e. The lowest BCUT2D eigenvalue weighted by atomic mass is 10.00. The summed E-state index contributed by atoms with van der Waals surface area (Å²) < 4.78 is 0. The molecule has 0 heterocycles. The molecule has 1 saturated carbocycles. The van der Waals surface area contributed by atoms with Crippen LogP contribution in [0.4, 0.5) is 5.69 Å². The van der Waals surface area contributed by atoms with Gasteiger partial charge >= 0.3 is 0 Å². The van der Waals surface area contributed by atoms with E-state index < -0.39 is 0 Å². The van der Waals surface area contributed by atoms with Crippen LogP contribution in [0.5, 0.6) is 0 Å². The third-order valence-corrected chi connectivity index (χ3v) is 8.59. The zero-order chi connectivity index (χ0) is 20.1. The lowest BCUT2D eigenvalue weighted by Gasteiger charge is -2.31. The van der Waals surface area contributed by atoms with E-state index in [-0.39, 0.29) is 5.91 Å². The molecule has 1 amide bonds. The van der Waals surface area contributed by atoms with E-state index in [1.807, 2.05) is 55.6 Å². The highest BCUT2D eigenvalue weighted by Crippen LogP contribution is 2.40. The molecule has 2 nitrogen and oxygen atoms in total. The molecule has 0 saturated heterocycles. The Balaban J connectivity index is 1.60. The molecule has 4 heteroatoms. The van der Waals surface area contributed by atoms with Crippen molar-refractivity contribution in [1.29, 1.82) is 0 Å². The number of carbonyl (C=O) groups is 1. The van der Waals surface area contributed by atoms with Gasteiger partial charge in [-0.25, -0.2) is 0 Å². The van der Waals surface area contributed by atoms with E-state index in [1.54, 1.807) is 0 Å². The molecule has 1 aliphatic rings. The molecule has 1 fully saturated rings. The minimum absolute atomic E-state index is 0.114. The Kier molecular flexibility index (Phi) is 7.53. The minimum Gasteiger partial charge on any atom is -0.325 e. The first-order valence-electron chi connectivity index (χ1n) is 10.2. The lowest BCUT2D eigenvalue weighted by molar-refractivity contribution is -0.113. The van der Waals surface area contributed by atoms with Gasteiger partial charge in [-0.1, -0.05) is 48.7 Å². The fourth-order valence-corrected chi connectivity index (χ4v) is 6.69. The molecule has 0 bridgehead atoms. The number of nitrogens with one attached hydrogen (secondary N) is 1. The van der Waals surface area contributed by atoms with Gasteiger partial charge in [-0.2, -0.15) is 0 Å². The van der Waals surface area contributed by atoms with Gasteiger partial charge in [0, 0.05) is 21.1 Å². The molecule has 3 rings (SSSR count). The summed E-state index contributed by atoms with van der Waals surface area (Å²) in [5.41, 5.74) is 5.90. The second-order valence-electron chi connectivity index (χ2n) is 7.87. The molecule has 0 radical (unpaired) electrons. The number of hydrogen-bond donors (Lipinski definition) is 1. The average Bonchev–Trinajstić information content (AvgIpc) is 2.67. The SMILES string of the molecule is Cc1ccc(C)c(S[C@@H]2CCCC[C@H]2SCC(=O)Nc2c(C)cccc2C)c1. The molecule has 0 aromatic heterocycles. The van der Waals surface area contributed by atoms with E-state index in [9.17, 15) is 4.79 Å². The Morgan fingerprint density at radius 3 is 2.36 bits per heavy atom. The summed E-state index contributed by atoms with van der Waals surface area (Å²) in [6.07, 6.45) is 5.03. The summed E-state index contributed by atoms with van der Waals surface area (Å²) >= 11 is 3.86. The van der Waals surface area contributed by atoms with Gasteiger partial charge < -0.3 is 5.32 Å². The van der Waals surface area contributed by atoms with Crippen molar-refractivity contribution in [2.24, 2.45) is 0 Å². The van der Waals surface area contributed by atoms with Crippen LogP contribution in [0.3, 0.4) is 0 Å².